The van der Waals surface area contributed by atoms with E-state index in [1.54, 1.807) is 0 Å². The topological polar surface area (TPSA) is 87.7 Å². The Kier molecular flexibility index (Phi) is 3.22. The molecule has 3 N–H and O–H groups in total. The number of fused-ring (bicyclic) bond motifs is 1. The molecule has 0 amide bonds. The molecule has 106 valence electrons. The maximum atomic E-state index is 11.9. The number of hydrogen-bond donors (Lipinski definition) is 3. The zero-order valence-corrected chi connectivity index (χ0v) is 11.0. The van der Waals surface area contributed by atoms with Crippen LogP contribution in [-0.2, 0) is 14.3 Å². The van der Waals surface area contributed by atoms with Gasteiger partial charge in [-0.25, -0.2) is 0 Å². The van der Waals surface area contributed by atoms with E-state index in [-0.39, 0.29) is 23.8 Å². The third kappa shape index (κ3) is 2.34. The van der Waals surface area contributed by atoms with Gasteiger partial charge in [-0.3, -0.25) is 9.59 Å². The van der Waals surface area contributed by atoms with E-state index in [0.717, 1.165) is 13.0 Å². The lowest BCUT2D eigenvalue weighted by Gasteiger charge is -2.18. The van der Waals surface area contributed by atoms with Gasteiger partial charge in [-0.1, -0.05) is 6.92 Å². The highest BCUT2D eigenvalue weighted by Gasteiger charge is 2.51. The van der Waals surface area contributed by atoms with Crippen molar-refractivity contribution in [1.82, 2.24) is 10.6 Å². The van der Waals surface area contributed by atoms with Crippen molar-refractivity contribution in [3.8, 4) is 0 Å². The van der Waals surface area contributed by atoms with Gasteiger partial charge in [0.2, 0.25) is 0 Å². The Morgan fingerprint density at radius 1 is 1.26 bits per heavy atom. The molecule has 0 aromatic carbocycles. The van der Waals surface area contributed by atoms with E-state index in [1.165, 1.54) is 0 Å². The van der Waals surface area contributed by atoms with Gasteiger partial charge in [-0.05, 0) is 30.7 Å². The van der Waals surface area contributed by atoms with Crippen LogP contribution in [0.4, 0.5) is 0 Å². The summed E-state index contributed by atoms with van der Waals surface area (Å²) in [6.45, 7) is 3.72. The third-order valence-corrected chi connectivity index (χ3v) is 4.83. The Labute approximate surface area is 111 Å². The SMILES string of the molecule is C[C@H]1[C@@H](COC(=O)[C@H]2NC[C@H]3C[C@H]32)CN[C@H]1C(=O)O. The third-order valence-electron chi connectivity index (χ3n) is 4.83. The molecular formula is C13H20N2O4. The molecule has 2 aliphatic heterocycles. The van der Waals surface area contributed by atoms with E-state index in [9.17, 15) is 9.59 Å². The lowest BCUT2D eigenvalue weighted by molar-refractivity contribution is -0.147. The first kappa shape index (κ1) is 12.9. The molecular weight excluding hydrogens is 248 g/mol. The van der Waals surface area contributed by atoms with Crippen LogP contribution < -0.4 is 10.6 Å². The Balaban J connectivity index is 1.47. The first-order valence-corrected chi connectivity index (χ1v) is 6.94. The number of esters is 1. The van der Waals surface area contributed by atoms with E-state index in [4.69, 9.17) is 9.84 Å². The Bertz CT molecular complexity index is 400. The van der Waals surface area contributed by atoms with E-state index in [0.29, 0.717) is 25.0 Å². The first-order valence-electron chi connectivity index (χ1n) is 6.94. The smallest absolute Gasteiger partial charge is 0.323 e. The predicted octanol–water partition coefficient (Wildman–Crippen LogP) is -0.554. The highest BCUT2D eigenvalue weighted by molar-refractivity contribution is 5.77. The predicted molar refractivity (Wildman–Crippen MR) is 66.4 cm³/mol. The minimum atomic E-state index is -0.834. The van der Waals surface area contributed by atoms with Gasteiger partial charge in [0.1, 0.15) is 12.1 Å². The van der Waals surface area contributed by atoms with Crippen LogP contribution in [0.2, 0.25) is 0 Å². The van der Waals surface area contributed by atoms with E-state index >= 15 is 0 Å². The molecule has 0 spiro atoms. The Morgan fingerprint density at radius 2 is 2.00 bits per heavy atom. The average molecular weight is 268 g/mol. The van der Waals surface area contributed by atoms with Gasteiger partial charge in [0.05, 0.1) is 6.61 Å². The largest absolute Gasteiger partial charge is 0.480 e. The van der Waals surface area contributed by atoms with Crippen molar-refractivity contribution in [2.24, 2.45) is 23.7 Å². The molecule has 6 nitrogen and oxygen atoms in total. The van der Waals surface area contributed by atoms with Crippen molar-refractivity contribution in [3.05, 3.63) is 0 Å². The molecule has 19 heavy (non-hydrogen) atoms. The first-order chi connectivity index (χ1) is 9.08. The summed E-state index contributed by atoms with van der Waals surface area (Å²) in [6.07, 6.45) is 1.13. The number of aliphatic carboxylic acids is 1. The molecule has 6 atom stereocenters. The molecule has 3 aliphatic rings. The monoisotopic (exact) mass is 268 g/mol. The van der Waals surface area contributed by atoms with Crippen molar-refractivity contribution in [2.45, 2.75) is 25.4 Å². The number of ether oxygens (including phenoxy) is 1. The molecule has 0 radical (unpaired) electrons. The zero-order chi connectivity index (χ0) is 13.6. The summed E-state index contributed by atoms with van der Waals surface area (Å²) in [4.78, 5) is 22.9. The number of piperidine rings is 1. The summed E-state index contributed by atoms with van der Waals surface area (Å²) < 4.78 is 5.37. The van der Waals surface area contributed by atoms with Crippen molar-refractivity contribution >= 4 is 11.9 Å². The highest BCUT2D eigenvalue weighted by Crippen LogP contribution is 2.45. The molecule has 1 saturated carbocycles. The lowest BCUT2D eigenvalue weighted by atomic mass is 9.93. The summed E-state index contributed by atoms with van der Waals surface area (Å²) in [7, 11) is 0. The second-order valence-corrected chi connectivity index (χ2v) is 6.02. The number of carboxylic acids is 1. The summed E-state index contributed by atoms with van der Waals surface area (Å²) in [6, 6.07) is -0.661. The molecule has 2 heterocycles. The molecule has 0 unspecified atom stereocenters. The Morgan fingerprint density at radius 3 is 2.53 bits per heavy atom. The van der Waals surface area contributed by atoms with Crippen LogP contribution in [0.15, 0.2) is 0 Å². The molecule has 6 heteroatoms. The maximum Gasteiger partial charge on any atom is 0.323 e. The van der Waals surface area contributed by atoms with Gasteiger partial charge < -0.3 is 20.5 Å². The number of carbonyl (C=O) groups is 2. The van der Waals surface area contributed by atoms with Gasteiger partial charge in [0, 0.05) is 12.5 Å². The fraction of sp³-hybridized carbons (Fsp3) is 0.846. The van der Waals surface area contributed by atoms with Crippen LogP contribution in [0.3, 0.4) is 0 Å². The summed E-state index contributed by atoms with van der Waals surface area (Å²) in [5.74, 6) is 0.201. The summed E-state index contributed by atoms with van der Waals surface area (Å²) in [5.41, 5.74) is 0. The van der Waals surface area contributed by atoms with Crippen LogP contribution in [0.25, 0.3) is 0 Å². The lowest BCUT2D eigenvalue weighted by Crippen LogP contribution is -2.37. The summed E-state index contributed by atoms with van der Waals surface area (Å²) in [5, 5.41) is 15.2. The number of rotatable bonds is 4. The number of carboxylic acid groups (broad SMARTS) is 1. The van der Waals surface area contributed by atoms with Crippen LogP contribution >= 0.6 is 0 Å². The normalized spacial score (nSPS) is 43.8. The van der Waals surface area contributed by atoms with Crippen molar-refractivity contribution < 1.29 is 19.4 Å². The highest BCUT2D eigenvalue weighted by atomic mass is 16.5. The summed E-state index contributed by atoms with van der Waals surface area (Å²) >= 11 is 0. The number of nitrogens with one attached hydrogen (secondary N) is 2. The van der Waals surface area contributed by atoms with Crippen molar-refractivity contribution in [3.63, 3.8) is 0 Å². The van der Waals surface area contributed by atoms with Crippen LogP contribution in [0.5, 0.6) is 0 Å². The van der Waals surface area contributed by atoms with Crippen molar-refractivity contribution in [1.29, 1.82) is 0 Å². The molecule has 3 rings (SSSR count). The number of carbonyl (C=O) groups excluding carboxylic acids is 1. The van der Waals surface area contributed by atoms with Gasteiger partial charge in [0.25, 0.3) is 0 Å². The molecule has 0 bridgehead atoms. The van der Waals surface area contributed by atoms with Gasteiger partial charge in [-0.15, -0.1) is 0 Å². The second kappa shape index (κ2) is 4.76. The average Bonchev–Trinajstić information content (AvgIpc) is 2.87. The Hall–Kier alpha value is -1.14. The maximum absolute atomic E-state index is 11.9. The fourth-order valence-corrected chi connectivity index (χ4v) is 3.33. The van der Waals surface area contributed by atoms with Crippen LogP contribution in [0, 0.1) is 23.7 Å². The zero-order valence-electron chi connectivity index (χ0n) is 11.0. The van der Waals surface area contributed by atoms with Gasteiger partial charge >= 0.3 is 11.9 Å². The van der Waals surface area contributed by atoms with E-state index in [1.807, 2.05) is 6.92 Å². The van der Waals surface area contributed by atoms with E-state index < -0.39 is 12.0 Å². The minimum absolute atomic E-state index is 0.0180. The molecule has 0 aromatic rings. The minimum Gasteiger partial charge on any atom is -0.480 e. The molecule has 3 fully saturated rings. The second-order valence-electron chi connectivity index (χ2n) is 6.02. The van der Waals surface area contributed by atoms with Gasteiger partial charge in [-0.2, -0.15) is 0 Å². The van der Waals surface area contributed by atoms with Gasteiger partial charge in [0.15, 0.2) is 0 Å². The van der Waals surface area contributed by atoms with Crippen molar-refractivity contribution in [2.75, 3.05) is 19.7 Å². The quantitative estimate of drug-likeness (QED) is 0.593. The number of hydrogen-bond acceptors (Lipinski definition) is 5. The molecule has 0 aromatic heterocycles. The van der Waals surface area contributed by atoms with E-state index in [2.05, 4.69) is 10.6 Å². The molecule has 1 aliphatic carbocycles. The standard InChI is InChI=1S/C13H20N2O4/c1-6-8(4-14-10(6)12(16)17)5-19-13(18)11-9-2-7(9)3-15-11/h6-11,14-15H,2-5H2,1H3,(H,16,17)/t6-,7+,8+,9+,10+,11-/m0/s1. The fourth-order valence-electron chi connectivity index (χ4n) is 3.33. The van der Waals surface area contributed by atoms with Crippen LogP contribution in [0.1, 0.15) is 13.3 Å². The van der Waals surface area contributed by atoms with Crippen LogP contribution in [-0.4, -0.2) is 48.8 Å². The molecule has 2 saturated heterocycles.